The number of amides is 2. The number of carbonyl (C=O) groups is 2. The molecule has 3 N–H and O–H groups in total. The first kappa shape index (κ1) is 18.5. The van der Waals surface area contributed by atoms with Gasteiger partial charge >= 0.3 is 0 Å². The monoisotopic (exact) mass is 382 g/mol. The van der Waals surface area contributed by atoms with Crippen LogP contribution in [0.4, 0.5) is 5.82 Å². The van der Waals surface area contributed by atoms with E-state index in [-0.39, 0.29) is 17.6 Å². The SMILES string of the molecule is CC(C)Oc1cc2c(N3CCC4(CCC(=O)N4)CC3)nccc2cc1C(N)=O. The molecule has 1 aromatic carbocycles. The summed E-state index contributed by atoms with van der Waals surface area (Å²) in [6.07, 6.45) is 5.04. The molecule has 7 heteroatoms. The molecule has 1 spiro atoms. The van der Waals surface area contributed by atoms with Crippen LogP contribution in [-0.4, -0.2) is 41.5 Å². The summed E-state index contributed by atoms with van der Waals surface area (Å²) < 4.78 is 5.85. The topological polar surface area (TPSA) is 97.6 Å². The fourth-order valence-electron chi connectivity index (χ4n) is 4.28. The van der Waals surface area contributed by atoms with Gasteiger partial charge in [0, 0.05) is 36.6 Å². The van der Waals surface area contributed by atoms with Gasteiger partial charge in [0.1, 0.15) is 11.6 Å². The van der Waals surface area contributed by atoms with Crippen molar-refractivity contribution < 1.29 is 14.3 Å². The first-order valence-corrected chi connectivity index (χ1v) is 9.82. The maximum Gasteiger partial charge on any atom is 0.252 e. The molecule has 7 nitrogen and oxygen atoms in total. The molecule has 4 rings (SSSR count). The minimum atomic E-state index is -0.507. The number of nitrogens with one attached hydrogen (secondary N) is 1. The van der Waals surface area contributed by atoms with Gasteiger partial charge in [0.15, 0.2) is 0 Å². The molecule has 0 atom stereocenters. The first-order chi connectivity index (χ1) is 13.4. The van der Waals surface area contributed by atoms with Crippen molar-refractivity contribution >= 4 is 28.4 Å². The van der Waals surface area contributed by atoms with Gasteiger partial charge in [0.05, 0.1) is 11.7 Å². The van der Waals surface area contributed by atoms with Crippen LogP contribution >= 0.6 is 0 Å². The Kier molecular flexibility index (Phi) is 4.61. The molecular formula is C21H26N4O3. The molecule has 2 fully saturated rings. The number of nitrogens with zero attached hydrogens (tertiary/aromatic N) is 2. The lowest BCUT2D eigenvalue weighted by Crippen LogP contribution is -2.51. The Morgan fingerprint density at radius 1 is 1.29 bits per heavy atom. The third kappa shape index (κ3) is 3.37. The molecule has 0 saturated carbocycles. The molecular weight excluding hydrogens is 356 g/mol. The van der Waals surface area contributed by atoms with Gasteiger partial charge < -0.3 is 20.7 Å². The smallest absolute Gasteiger partial charge is 0.252 e. The molecule has 0 bridgehead atoms. The van der Waals surface area contributed by atoms with Gasteiger partial charge in [0.25, 0.3) is 5.91 Å². The van der Waals surface area contributed by atoms with E-state index in [1.165, 1.54) is 0 Å². The van der Waals surface area contributed by atoms with Crippen LogP contribution in [0, 0.1) is 0 Å². The summed E-state index contributed by atoms with van der Waals surface area (Å²) in [7, 11) is 0. The fourth-order valence-corrected chi connectivity index (χ4v) is 4.28. The Morgan fingerprint density at radius 2 is 2.04 bits per heavy atom. The number of primary amides is 1. The van der Waals surface area contributed by atoms with Crippen LogP contribution < -0.4 is 20.7 Å². The van der Waals surface area contributed by atoms with Gasteiger partial charge in [-0.15, -0.1) is 0 Å². The number of pyridine rings is 1. The number of aromatic nitrogens is 1. The Labute approximate surface area is 164 Å². The number of anilines is 1. The molecule has 0 unspecified atom stereocenters. The second-order valence-corrected chi connectivity index (χ2v) is 8.05. The number of carbonyl (C=O) groups excluding carboxylic acids is 2. The quantitative estimate of drug-likeness (QED) is 0.846. The molecule has 2 aromatic rings. The Hall–Kier alpha value is -2.83. The number of piperidine rings is 1. The predicted molar refractivity (Wildman–Crippen MR) is 108 cm³/mol. The van der Waals surface area contributed by atoms with Gasteiger partial charge in [-0.1, -0.05) is 0 Å². The summed E-state index contributed by atoms with van der Waals surface area (Å²) >= 11 is 0. The van der Waals surface area contributed by atoms with E-state index in [1.54, 1.807) is 12.3 Å². The average Bonchev–Trinajstić information content (AvgIpc) is 3.01. The van der Waals surface area contributed by atoms with E-state index < -0.39 is 5.91 Å². The van der Waals surface area contributed by atoms with E-state index in [2.05, 4.69) is 15.2 Å². The number of ether oxygens (including phenoxy) is 1. The zero-order valence-electron chi connectivity index (χ0n) is 16.3. The zero-order chi connectivity index (χ0) is 19.9. The molecule has 2 aliphatic rings. The van der Waals surface area contributed by atoms with Crippen LogP contribution in [0.2, 0.25) is 0 Å². The number of fused-ring (bicyclic) bond motifs is 1. The maximum absolute atomic E-state index is 11.9. The van der Waals surface area contributed by atoms with E-state index in [1.807, 2.05) is 26.0 Å². The highest BCUT2D eigenvalue weighted by Gasteiger charge is 2.40. The standard InChI is InChI=1S/C21H26N4O3/c1-13(2)28-17-12-15-14(11-16(17)19(22)27)4-8-23-20(15)25-9-6-21(7-10-25)5-3-18(26)24-21/h4,8,11-13H,3,5-7,9-10H2,1-2H3,(H2,22,27)(H,24,26). The first-order valence-electron chi connectivity index (χ1n) is 9.82. The Bertz CT molecular complexity index is 933. The summed E-state index contributed by atoms with van der Waals surface area (Å²) in [5.74, 6) is 1.01. The van der Waals surface area contributed by atoms with Crippen LogP contribution in [0.5, 0.6) is 5.75 Å². The maximum atomic E-state index is 11.9. The molecule has 148 valence electrons. The summed E-state index contributed by atoms with van der Waals surface area (Å²) in [6.45, 7) is 5.48. The van der Waals surface area contributed by atoms with Crippen LogP contribution in [0.25, 0.3) is 10.8 Å². The Morgan fingerprint density at radius 3 is 2.64 bits per heavy atom. The minimum absolute atomic E-state index is 0.0524. The summed E-state index contributed by atoms with van der Waals surface area (Å²) in [5, 5.41) is 5.02. The van der Waals surface area contributed by atoms with Gasteiger partial charge in [-0.2, -0.15) is 0 Å². The molecule has 0 aliphatic carbocycles. The molecule has 1 aromatic heterocycles. The second-order valence-electron chi connectivity index (χ2n) is 8.05. The van der Waals surface area contributed by atoms with Crippen molar-refractivity contribution in [3.05, 3.63) is 30.0 Å². The van der Waals surface area contributed by atoms with Gasteiger partial charge in [-0.05, 0) is 56.7 Å². The van der Waals surface area contributed by atoms with Crippen molar-refractivity contribution in [3.8, 4) is 5.75 Å². The van der Waals surface area contributed by atoms with Crippen molar-refractivity contribution in [2.45, 2.75) is 51.2 Å². The van der Waals surface area contributed by atoms with Crippen LogP contribution in [0.15, 0.2) is 24.4 Å². The number of benzene rings is 1. The number of hydrogen-bond acceptors (Lipinski definition) is 5. The lowest BCUT2D eigenvalue weighted by Gasteiger charge is -2.40. The summed E-state index contributed by atoms with van der Waals surface area (Å²) in [5.41, 5.74) is 5.89. The Balaban J connectivity index is 1.68. The molecule has 2 aliphatic heterocycles. The van der Waals surface area contributed by atoms with Crippen molar-refractivity contribution in [1.29, 1.82) is 0 Å². The van der Waals surface area contributed by atoms with E-state index in [0.717, 1.165) is 48.9 Å². The van der Waals surface area contributed by atoms with E-state index in [0.29, 0.717) is 17.7 Å². The van der Waals surface area contributed by atoms with E-state index in [9.17, 15) is 9.59 Å². The van der Waals surface area contributed by atoms with Crippen molar-refractivity contribution in [2.75, 3.05) is 18.0 Å². The second kappa shape index (κ2) is 6.96. The lowest BCUT2D eigenvalue weighted by atomic mass is 9.86. The highest BCUT2D eigenvalue weighted by molar-refractivity contribution is 6.03. The van der Waals surface area contributed by atoms with Crippen LogP contribution in [0.3, 0.4) is 0 Å². The van der Waals surface area contributed by atoms with Crippen molar-refractivity contribution in [2.24, 2.45) is 5.73 Å². The van der Waals surface area contributed by atoms with Crippen LogP contribution in [-0.2, 0) is 4.79 Å². The third-order valence-corrected chi connectivity index (χ3v) is 5.73. The highest BCUT2D eigenvalue weighted by Crippen LogP contribution is 2.36. The van der Waals surface area contributed by atoms with E-state index in [4.69, 9.17) is 10.5 Å². The summed E-state index contributed by atoms with van der Waals surface area (Å²) in [4.78, 5) is 30.4. The van der Waals surface area contributed by atoms with Gasteiger partial charge in [0.2, 0.25) is 5.91 Å². The largest absolute Gasteiger partial charge is 0.490 e. The third-order valence-electron chi connectivity index (χ3n) is 5.73. The predicted octanol–water partition coefficient (Wildman–Crippen LogP) is 2.37. The number of rotatable bonds is 4. The average molecular weight is 382 g/mol. The molecule has 0 radical (unpaired) electrons. The van der Waals surface area contributed by atoms with E-state index >= 15 is 0 Å². The highest BCUT2D eigenvalue weighted by atomic mass is 16.5. The molecule has 3 heterocycles. The van der Waals surface area contributed by atoms with Gasteiger partial charge in [-0.25, -0.2) is 4.98 Å². The van der Waals surface area contributed by atoms with Crippen LogP contribution in [0.1, 0.15) is 49.9 Å². The molecule has 28 heavy (non-hydrogen) atoms. The van der Waals surface area contributed by atoms with Gasteiger partial charge in [-0.3, -0.25) is 9.59 Å². The fraction of sp³-hybridized carbons (Fsp3) is 0.476. The number of nitrogens with two attached hydrogens (primary N) is 1. The van der Waals surface area contributed by atoms with Crippen molar-refractivity contribution in [3.63, 3.8) is 0 Å². The van der Waals surface area contributed by atoms with Crippen molar-refractivity contribution in [1.82, 2.24) is 10.3 Å². The number of hydrogen-bond donors (Lipinski definition) is 2. The minimum Gasteiger partial charge on any atom is -0.490 e. The summed E-state index contributed by atoms with van der Waals surface area (Å²) in [6, 6.07) is 5.54. The molecule has 2 amide bonds. The zero-order valence-corrected chi connectivity index (χ0v) is 16.3. The lowest BCUT2D eigenvalue weighted by molar-refractivity contribution is -0.119. The molecule has 2 saturated heterocycles. The normalized spacial score (nSPS) is 18.7.